The Morgan fingerprint density at radius 1 is 0.767 bits per heavy atom. The maximum Gasteiger partial charge on any atom is 0.397 e. The van der Waals surface area contributed by atoms with Crippen LogP contribution >= 0.6 is 0 Å². The lowest BCUT2D eigenvalue weighted by atomic mass is 9.99. The van der Waals surface area contributed by atoms with E-state index in [1.807, 2.05) is 0 Å². The summed E-state index contributed by atoms with van der Waals surface area (Å²) in [6, 6.07) is 0. The Morgan fingerprint density at radius 2 is 1.27 bits per heavy atom. The lowest BCUT2D eigenvalue weighted by molar-refractivity contribution is -0.300. The SMILES string of the molecule is CCCCCCCCCCCCCCOC1O[C@H](COS(=O)(=O)O)[C@H](O)[C@H](O)[C@H]1O. The summed E-state index contributed by atoms with van der Waals surface area (Å²) in [5.74, 6) is 0. The molecule has 0 aromatic carbocycles. The van der Waals surface area contributed by atoms with Gasteiger partial charge in [0.2, 0.25) is 0 Å². The first-order chi connectivity index (χ1) is 14.3. The highest BCUT2D eigenvalue weighted by atomic mass is 32.3. The second-order valence-corrected chi connectivity index (χ2v) is 9.08. The van der Waals surface area contributed by atoms with E-state index in [0.29, 0.717) is 6.61 Å². The third-order valence-electron chi connectivity index (χ3n) is 5.33. The lowest BCUT2D eigenvalue weighted by Gasteiger charge is -2.39. The monoisotopic (exact) mass is 456 g/mol. The molecule has 0 aliphatic carbocycles. The average molecular weight is 457 g/mol. The summed E-state index contributed by atoms with van der Waals surface area (Å²) in [7, 11) is -4.71. The van der Waals surface area contributed by atoms with Crippen LogP contribution in [-0.2, 0) is 24.1 Å². The van der Waals surface area contributed by atoms with Crippen molar-refractivity contribution in [1.82, 2.24) is 0 Å². The number of hydrogen-bond acceptors (Lipinski definition) is 8. The first-order valence-electron chi connectivity index (χ1n) is 11.2. The summed E-state index contributed by atoms with van der Waals surface area (Å²) in [6.45, 7) is 1.82. The molecule has 1 fully saturated rings. The van der Waals surface area contributed by atoms with Crippen molar-refractivity contribution in [3.05, 3.63) is 0 Å². The van der Waals surface area contributed by atoms with Gasteiger partial charge in [-0.1, -0.05) is 77.6 Å². The first kappa shape index (κ1) is 27.7. The van der Waals surface area contributed by atoms with Crippen molar-refractivity contribution >= 4 is 10.4 Å². The van der Waals surface area contributed by atoms with Gasteiger partial charge in [0.15, 0.2) is 6.29 Å². The molecule has 0 aromatic heterocycles. The molecule has 5 atom stereocenters. The minimum atomic E-state index is -4.71. The van der Waals surface area contributed by atoms with Crippen molar-refractivity contribution in [2.75, 3.05) is 13.2 Å². The van der Waals surface area contributed by atoms with Gasteiger partial charge >= 0.3 is 10.4 Å². The molecule has 30 heavy (non-hydrogen) atoms. The molecule has 0 aromatic rings. The predicted molar refractivity (Wildman–Crippen MR) is 111 cm³/mol. The Morgan fingerprint density at radius 3 is 1.77 bits per heavy atom. The zero-order chi connectivity index (χ0) is 22.4. The second kappa shape index (κ2) is 15.5. The Kier molecular flexibility index (Phi) is 14.3. The Hall–Kier alpha value is -0.330. The van der Waals surface area contributed by atoms with E-state index in [-0.39, 0.29) is 0 Å². The van der Waals surface area contributed by atoms with Gasteiger partial charge in [0.1, 0.15) is 24.4 Å². The molecule has 1 rings (SSSR count). The summed E-state index contributed by atoms with van der Waals surface area (Å²) < 4.78 is 44.9. The molecule has 1 aliphatic rings. The van der Waals surface area contributed by atoms with Crippen molar-refractivity contribution in [3.8, 4) is 0 Å². The number of aliphatic hydroxyl groups excluding tert-OH is 3. The summed E-state index contributed by atoms with van der Waals surface area (Å²) >= 11 is 0. The Balaban J connectivity index is 2.12. The smallest absolute Gasteiger partial charge is 0.387 e. The zero-order valence-corrected chi connectivity index (χ0v) is 18.8. The maximum absolute atomic E-state index is 10.7. The molecule has 180 valence electrons. The van der Waals surface area contributed by atoms with Crippen LogP contribution in [0, 0.1) is 0 Å². The third-order valence-corrected chi connectivity index (χ3v) is 5.76. The highest BCUT2D eigenvalue weighted by molar-refractivity contribution is 7.80. The molecule has 0 amide bonds. The average Bonchev–Trinajstić information content (AvgIpc) is 2.69. The normalized spacial score (nSPS) is 27.4. The Labute approximate surface area is 180 Å². The first-order valence-corrected chi connectivity index (χ1v) is 12.6. The van der Waals surface area contributed by atoms with Gasteiger partial charge in [-0.3, -0.25) is 4.55 Å². The molecule has 0 radical (unpaired) electrons. The number of unbranched alkanes of at least 4 members (excludes halogenated alkanes) is 11. The van der Waals surface area contributed by atoms with E-state index in [1.165, 1.54) is 57.8 Å². The van der Waals surface area contributed by atoms with Gasteiger partial charge in [-0.25, -0.2) is 4.18 Å². The molecular weight excluding hydrogens is 416 g/mol. The molecule has 0 saturated carbocycles. The molecule has 9 nitrogen and oxygen atoms in total. The van der Waals surface area contributed by atoms with Crippen LogP contribution in [0.3, 0.4) is 0 Å². The van der Waals surface area contributed by atoms with Crippen LogP contribution < -0.4 is 0 Å². The standard InChI is InChI=1S/C20H40O9S/c1-2-3-4-5-6-7-8-9-10-11-12-13-14-27-20-19(23)18(22)17(21)16(29-20)15-28-30(24,25)26/h16-23H,2-15H2,1H3,(H,24,25,26)/t16-,17+,18+,19-,20?/m1/s1. The van der Waals surface area contributed by atoms with Gasteiger partial charge in [-0.15, -0.1) is 0 Å². The fraction of sp³-hybridized carbons (Fsp3) is 1.00. The van der Waals surface area contributed by atoms with Gasteiger partial charge in [0.05, 0.1) is 6.61 Å². The predicted octanol–water partition coefficient (Wildman–Crippen LogP) is 2.33. The van der Waals surface area contributed by atoms with Gasteiger partial charge in [0.25, 0.3) is 0 Å². The van der Waals surface area contributed by atoms with Crippen molar-refractivity contribution in [2.45, 2.75) is 115 Å². The number of ether oxygens (including phenoxy) is 2. The van der Waals surface area contributed by atoms with Gasteiger partial charge < -0.3 is 24.8 Å². The van der Waals surface area contributed by atoms with E-state index in [0.717, 1.165) is 19.3 Å². The van der Waals surface area contributed by atoms with Crippen LogP contribution in [0.2, 0.25) is 0 Å². The molecule has 1 heterocycles. The van der Waals surface area contributed by atoms with E-state index in [1.54, 1.807) is 0 Å². The maximum atomic E-state index is 10.7. The number of hydrogen-bond donors (Lipinski definition) is 4. The van der Waals surface area contributed by atoms with Crippen LogP contribution in [0.25, 0.3) is 0 Å². The van der Waals surface area contributed by atoms with Crippen molar-refractivity contribution < 1.29 is 41.9 Å². The van der Waals surface area contributed by atoms with Crippen molar-refractivity contribution in [2.24, 2.45) is 0 Å². The van der Waals surface area contributed by atoms with Crippen LogP contribution in [-0.4, -0.2) is 72.2 Å². The van der Waals surface area contributed by atoms with E-state index in [4.69, 9.17) is 14.0 Å². The number of rotatable bonds is 17. The quantitative estimate of drug-likeness (QED) is 0.191. The lowest BCUT2D eigenvalue weighted by Crippen LogP contribution is -2.59. The van der Waals surface area contributed by atoms with E-state index < -0.39 is 47.7 Å². The third kappa shape index (κ3) is 11.9. The van der Waals surface area contributed by atoms with Crippen LogP contribution in [0.4, 0.5) is 0 Å². The molecule has 1 aliphatic heterocycles. The summed E-state index contributed by atoms with van der Waals surface area (Å²) in [5.41, 5.74) is 0. The fourth-order valence-corrected chi connectivity index (χ4v) is 3.79. The summed E-state index contributed by atoms with van der Waals surface area (Å²) in [5, 5.41) is 29.7. The molecule has 1 unspecified atom stereocenters. The van der Waals surface area contributed by atoms with E-state index >= 15 is 0 Å². The minimum absolute atomic E-state index is 0.299. The largest absolute Gasteiger partial charge is 0.397 e. The van der Waals surface area contributed by atoms with Gasteiger partial charge in [0, 0.05) is 6.61 Å². The zero-order valence-electron chi connectivity index (χ0n) is 18.0. The minimum Gasteiger partial charge on any atom is -0.387 e. The van der Waals surface area contributed by atoms with E-state index in [9.17, 15) is 23.7 Å². The van der Waals surface area contributed by atoms with Crippen molar-refractivity contribution in [3.63, 3.8) is 0 Å². The molecule has 0 bridgehead atoms. The molecule has 10 heteroatoms. The Bertz CT molecular complexity index is 528. The second-order valence-electron chi connectivity index (χ2n) is 7.99. The van der Waals surface area contributed by atoms with Crippen molar-refractivity contribution in [1.29, 1.82) is 0 Å². The topological polar surface area (TPSA) is 143 Å². The highest BCUT2D eigenvalue weighted by Crippen LogP contribution is 2.23. The van der Waals surface area contributed by atoms with Crippen LogP contribution in [0.5, 0.6) is 0 Å². The molecule has 0 spiro atoms. The van der Waals surface area contributed by atoms with Crippen LogP contribution in [0.1, 0.15) is 84.0 Å². The molecule has 4 N–H and O–H groups in total. The van der Waals surface area contributed by atoms with Crippen LogP contribution in [0.15, 0.2) is 0 Å². The molecule has 1 saturated heterocycles. The van der Waals surface area contributed by atoms with Gasteiger partial charge in [-0.2, -0.15) is 8.42 Å². The molecular formula is C20H40O9S. The highest BCUT2D eigenvalue weighted by Gasteiger charge is 2.44. The van der Waals surface area contributed by atoms with Gasteiger partial charge in [-0.05, 0) is 6.42 Å². The number of aliphatic hydroxyl groups is 3. The fourth-order valence-electron chi connectivity index (χ4n) is 3.49. The summed E-state index contributed by atoms with van der Waals surface area (Å²) in [6.07, 6.45) is 7.34. The summed E-state index contributed by atoms with van der Waals surface area (Å²) in [4.78, 5) is 0. The van der Waals surface area contributed by atoms with E-state index in [2.05, 4.69) is 11.1 Å².